The lowest BCUT2D eigenvalue weighted by Gasteiger charge is -2.26. The van der Waals surface area contributed by atoms with E-state index in [0.717, 1.165) is 37.8 Å². The molecule has 0 atom stereocenters. The molecule has 0 radical (unpaired) electrons. The Morgan fingerprint density at radius 2 is 2.10 bits per heavy atom. The fraction of sp³-hybridized carbons (Fsp3) is 0.571. The Bertz CT molecular complexity index is 556. The van der Waals surface area contributed by atoms with Crippen molar-refractivity contribution in [1.82, 2.24) is 10.0 Å². The maximum atomic E-state index is 14.0. The molecule has 0 aliphatic heterocycles. The van der Waals surface area contributed by atoms with E-state index in [9.17, 15) is 12.8 Å². The van der Waals surface area contributed by atoms with E-state index in [2.05, 4.69) is 17.0 Å². The average Bonchev–Trinajstić information content (AvgIpc) is 2.34. The first-order chi connectivity index (χ1) is 9.53. The molecule has 112 valence electrons. The average molecular weight is 300 g/mol. The maximum absolute atomic E-state index is 14.0. The van der Waals surface area contributed by atoms with Crippen molar-refractivity contribution in [3.63, 3.8) is 0 Å². The molecule has 0 bridgehead atoms. The van der Waals surface area contributed by atoms with Gasteiger partial charge in [-0.3, -0.25) is 0 Å². The summed E-state index contributed by atoms with van der Waals surface area (Å²) in [4.78, 5) is -0.261. The molecule has 1 aromatic carbocycles. The van der Waals surface area contributed by atoms with E-state index >= 15 is 0 Å². The van der Waals surface area contributed by atoms with Gasteiger partial charge in [-0.15, -0.1) is 0 Å². The fourth-order valence-electron chi connectivity index (χ4n) is 2.09. The minimum absolute atomic E-state index is 0.0368. The summed E-state index contributed by atoms with van der Waals surface area (Å²) >= 11 is 0. The first-order valence-corrected chi connectivity index (χ1v) is 8.52. The molecule has 0 spiro atoms. The maximum Gasteiger partial charge on any atom is 0.243 e. The normalized spacial score (nSPS) is 16.1. The molecular formula is C14H21FN2O2S. The molecule has 0 unspecified atom stereocenters. The van der Waals surface area contributed by atoms with Crippen LogP contribution in [0.5, 0.6) is 0 Å². The molecule has 1 aliphatic carbocycles. The van der Waals surface area contributed by atoms with Gasteiger partial charge >= 0.3 is 0 Å². The summed E-state index contributed by atoms with van der Waals surface area (Å²) in [5, 5.41) is 3.16. The molecule has 20 heavy (non-hydrogen) atoms. The second kappa shape index (κ2) is 6.65. The summed E-state index contributed by atoms with van der Waals surface area (Å²) in [5.74, 6) is -0.687. The molecule has 0 saturated heterocycles. The Kier molecular flexibility index (Phi) is 5.12. The third-order valence-electron chi connectivity index (χ3n) is 3.47. The van der Waals surface area contributed by atoms with Crippen molar-refractivity contribution < 1.29 is 12.8 Å². The molecule has 2 rings (SSSR count). The van der Waals surface area contributed by atoms with E-state index in [1.807, 2.05) is 0 Å². The zero-order valence-electron chi connectivity index (χ0n) is 11.7. The van der Waals surface area contributed by atoms with Gasteiger partial charge in [0.2, 0.25) is 10.0 Å². The van der Waals surface area contributed by atoms with Crippen molar-refractivity contribution in [3.05, 3.63) is 29.6 Å². The summed E-state index contributed by atoms with van der Waals surface area (Å²) in [6.07, 6.45) is 3.69. The highest BCUT2D eigenvalue weighted by molar-refractivity contribution is 7.89. The number of rotatable bonds is 7. The SMILES string of the molecule is CCCNCc1ccc(S(=O)(=O)NC2CCC2)c(F)c1. The predicted molar refractivity (Wildman–Crippen MR) is 76.4 cm³/mol. The molecule has 0 heterocycles. The standard InChI is InChI=1S/C14H21FN2O2S/c1-2-8-16-10-11-6-7-14(13(15)9-11)20(18,19)17-12-4-3-5-12/h6-7,9,12,16-17H,2-5,8,10H2,1H3. The van der Waals surface area contributed by atoms with Gasteiger partial charge in [0.15, 0.2) is 0 Å². The molecule has 0 aromatic heterocycles. The number of benzene rings is 1. The first-order valence-electron chi connectivity index (χ1n) is 7.04. The smallest absolute Gasteiger partial charge is 0.243 e. The van der Waals surface area contributed by atoms with E-state index in [0.29, 0.717) is 6.54 Å². The Hall–Kier alpha value is -0.980. The van der Waals surface area contributed by atoms with Gasteiger partial charge in [0, 0.05) is 12.6 Å². The van der Waals surface area contributed by atoms with Gasteiger partial charge in [0.1, 0.15) is 10.7 Å². The minimum Gasteiger partial charge on any atom is -0.313 e. The van der Waals surface area contributed by atoms with Crippen LogP contribution in [-0.4, -0.2) is 21.0 Å². The summed E-state index contributed by atoms with van der Waals surface area (Å²) in [7, 11) is -3.74. The highest BCUT2D eigenvalue weighted by Gasteiger charge is 2.26. The van der Waals surface area contributed by atoms with E-state index in [1.54, 1.807) is 6.07 Å². The Morgan fingerprint density at radius 1 is 1.35 bits per heavy atom. The third-order valence-corrected chi connectivity index (χ3v) is 5.02. The highest BCUT2D eigenvalue weighted by atomic mass is 32.2. The van der Waals surface area contributed by atoms with Crippen molar-refractivity contribution in [2.24, 2.45) is 0 Å². The summed E-state index contributed by atoms with van der Waals surface area (Å²) in [5.41, 5.74) is 0.749. The van der Waals surface area contributed by atoms with Crippen molar-refractivity contribution in [3.8, 4) is 0 Å². The molecular weight excluding hydrogens is 279 g/mol. The van der Waals surface area contributed by atoms with Crippen LogP contribution in [0.15, 0.2) is 23.1 Å². The van der Waals surface area contributed by atoms with Crippen molar-refractivity contribution >= 4 is 10.0 Å². The van der Waals surface area contributed by atoms with Crippen LogP contribution in [0.2, 0.25) is 0 Å². The quantitative estimate of drug-likeness (QED) is 0.759. The molecule has 1 saturated carbocycles. The van der Waals surface area contributed by atoms with Crippen LogP contribution >= 0.6 is 0 Å². The fourth-order valence-corrected chi connectivity index (χ4v) is 3.46. The van der Waals surface area contributed by atoms with Gasteiger partial charge in [-0.05, 0) is 43.5 Å². The number of nitrogens with one attached hydrogen (secondary N) is 2. The highest BCUT2D eigenvalue weighted by Crippen LogP contribution is 2.22. The first kappa shape index (κ1) is 15.4. The second-order valence-electron chi connectivity index (χ2n) is 5.19. The number of sulfonamides is 1. The van der Waals surface area contributed by atoms with Gasteiger partial charge in [0.25, 0.3) is 0 Å². The Morgan fingerprint density at radius 3 is 2.65 bits per heavy atom. The number of halogens is 1. The molecule has 0 amide bonds. The predicted octanol–water partition coefficient (Wildman–Crippen LogP) is 2.16. The van der Waals surface area contributed by atoms with Crippen LogP contribution < -0.4 is 10.0 Å². The van der Waals surface area contributed by atoms with Gasteiger partial charge in [-0.25, -0.2) is 17.5 Å². The summed E-state index contributed by atoms with van der Waals surface area (Å²) in [6.45, 7) is 3.45. The van der Waals surface area contributed by atoms with E-state index in [1.165, 1.54) is 12.1 Å². The second-order valence-corrected chi connectivity index (χ2v) is 6.87. The Labute approximate surface area is 119 Å². The van der Waals surface area contributed by atoms with Crippen LogP contribution in [-0.2, 0) is 16.6 Å². The zero-order valence-corrected chi connectivity index (χ0v) is 12.5. The van der Waals surface area contributed by atoms with E-state index in [4.69, 9.17) is 0 Å². The molecule has 2 N–H and O–H groups in total. The van der Waals surface area contributed by atoms with Crippen LogP contribution in [0.25, 0.3) is 0 Å². The lowest BCUT2D eigenvalue weighted by molar-refractivity contribution is 0.382. The largest absolute Gasteiger partial charge is 0.313 e. The van der Waals surface area contributed by atoms with Crippen LogP contribution in [0.3, 0.4) is 0 Å². The van der Waals surface area contributed by atoms with Gasteiger partial charge in [-0.2, -0.15) is 0 Å². The molecule has 1 aromatic rings. The lowest BCUT2D eigenvalue weighted by atomic mass is 9.94. The lowest BCUT2D eigenvalue weighted by Crippen LogP contribution is -2.39. The van der Waals surface area contributed by atoms with Gasteiger partial charge in [0.05, 0.1) is 0 Å². The van der Waals surface area contributed by atoms with Crippen molar-refractivity contribution in [2.45, 2.75) is 50.1 Å². The zero-order chi connectivity index (χ0) is 14.6. The van der Waals surface area contributed by atoms with E-state index in [-0.39, 0.29) is 10.9 Å². The van der Waals surface area contributed by atoms with Crippen LogP contribution in [0.4, 0.5) is 4.39 Å². The molecule has 1 fully saturated rings. The van der Waals surface area contributed by atoms with Gasteiger partial charge in [-0.1, -0.05) is 19.4 Å². The Balaban J connectivity index is 2.08. The molecule has 1 aliphatic rings. The van der Waals surface area contributed by atoms with E-state index < -0.39 is 15.8 Å². The minimum atomic E-state index is -3.74. The molecule has 6 heteroatoms. The summed E-state index contributed by atoms with van der Waals surface area (Å²) < 4.78 is 40.6. The monoisotopic (exact) mass is 300 g/mol. The van der Waals surface area contributed by atoms with Gasteiger partial charge < -0.3 is 5.32 Å². The summed E-state index contributed by atoms with van der Waals surface area (Å²) in [6, 6.07) is 4.25. The topological polar surface area (TPSA) is 58.2 Å². The third kappa shape index (κ3) is 3.77. The van der Waals surface area contributed by atoms with Crippen LogP contribution in [0.1, 0.15) is 38.2 Å². The number of hydrogen-bond acceptors (Lipinski definition) is 3. The van der Waals surface area contributed by atoms with Crippen LogP contribution in [0, 0.1) is 5.82 Å². The van der Waals surface area contributed by atoms with Crippen molar-refractivity contribution in [1.29, 1.82) is 0 Å². The van der Waals surface area contributed by atoms with Crippen molar-refractivity contribution in [2.75, 3.05) is 6.54 Å². The molecule has 4 nitrogen and oxygen atoms in total. The number of hydrogen-bond donors (Lipinski definition) is 2.